The lowest BCUT2D eigenvalue weighted by molar-refractivity contribution is 0.584. The molecule has 0 fully saturated rings. The molecule has 0 heterocycles. The molecule has 1 aliphatic rings. The second-order valence-electron chi connectivity index (χ2n) is 4.48. The number of rotatable bonds is 4. The predicted molar refractivity (Wildman–Crippen MR) is 73.3 cm³/mol. The molecule has 0 bridgehead atoms. The summed E-state index contributed by atoms with van der Waals surface area (Å²) in [6.07, 6.45) is 4.31. The van der Waals surface area contributed by atoms with Crippen molar-refractivity contribution in [1.82, 2.24) is 4.72 Å². The Bertz CT molecular complexity index is 566. The molecule has 18 heavy (non-hydrogen) atoms. The van der Waals surface area contributed by atoms with Crippen LogP contribution in [-0.4, -0.2) is 15.0 Å². The molecule has 0 spiro atoms. The predicted octanol–water partition coefficient (Wildman–Crippen LogP) is 2.60. The number of nitrogens with one attached hydrogen (secondary N) is 1. The zero-order chi connectivity index (χ0) is 13.2. The summed E-state index contributed by atoms with van der Waals surface area (Å²) in [6, 6.07) is 5.34. The van der Waals surface area contributed by atoms with Gasteiger partial charge in [-0.05, 0) is 48.9 Å². The summed E-state index contributed by atoms with van der Waals surface area (Å²) >= 11 is 5.57. The quantitative estimate of drug-likeness (QED) is 0.924. The van der Waals surface area contributed by atoms with Gasteiger partial charge in [0.15, 0.2) is 0 Å². The highest BCUT2D eigenvalue weighted by Gasteiger charge is 2.17. The van der Waals surface area contributed by atoms with Crippen molar-refractivity contribution < 1.29 is 8.42 Å². The van der Waals surface area contributed by atoms with Gasteiger partial charge in [0, 0.05) is 11.6 Å². The largest absolute Gasteiger partial charge is 0.240 e. The van der Waals surface area contributed by atoms with Gasteiger partial charge >= 0.3 is 0 Å². The molecule has 0 aromatic heterocycles. The topological polar surface area (TPSA) is 46.2 Å². The molecule has 98 valence electrons. The van der Waals surface area contributed by atoms with Crippen LogP contribution in [-0.2, 0) is 22.9 Å². The van der Waals surface area contributed by atoms with Gasteiger partial charge in [-0.3, -0.25) is 0 Å². The first kappa shape index (κ1) is 13.6. The van der Waals surface area contributed by atoms with Crippen LogP contribution >= 0.6 is 11.6 Å². The van der Waals surface area contributed by atoms with E-state index in [1.807, 2.05) is 6.07 Å². The molecule has 1 N–H and O–H groups in total. The van der Waals surface area contributed by atoms with E-state index in [9.17, 15) is 8.42 Å². The Hall–Kier alpha value is -0.840. The number of benzene rings is 1. The molecule has 3 nitrogen and oxygen atoms in total. The maximum Gasteiger partial charge on any atom is 0.240 e. The van der Waals surface area contributed by atoms with Crippen LogP contribution < -0.4 is 4.72 Å². The van der Waals surface area contributed by atoms with Gasteiger partial charge in [-0.2, -0.15) is 0 Å². The molecular weight excluding hydrogens is 270 g/mol. The zero-order valence-electron chi connectivity index (χ0n) is 10.1. The van der Waals surface area contributed by atoms with Gasteiger partial charge in [-0.25, -0.2) is 13.1 Å². The van der Waals surface area contributed by atoms with Crippen molar-refractivity contribution in [2.24, 2.45) is 0 Å². The molecule has 2 rings (SSSR count). The van der Waals surface area contributed by atoms with E-state index in [-0.39, 0.29) is 11.6 Å². The standard InChI is InChI=1S/C13H16ClNO2S/c1-10(14)9-15-18(16,17)13-7-6-11-4-2-3-5-12(11)8-13/h6-8,15H,1-5,9H2. The van der Waals surface area contributed by atoms with E-state index in [1.165, 1.54) is 12.0 Å². The second-order valence-corrected chi connectivity index (χ2v) is 6.78. The smallest absolute Gasteiger partial charge is 0.207 e. The summed E-state index contributed by atoms with van der Waals surface area (Å²) in [5.74, 6) is 0. The van der Waals surface area contributed by atoms with Crippen LogP contribution in [0.25, 0.3) is 0 Å². The normalized spacial score (nSPS) is 15.2. The number of halogens is 1. The SMILES string of the molecule is C=C(Cl)CNS(=O)(=O)c1ccc2c(c1)CCCC2. The van der Waals surface area contributed by atoms with Crippen LogP contribution in [0.5, 0.6) is 0 Å². The molecule has 0 saturated carbocycles. The molecule has 1 aromatic rings. The molecule has 1 aliphatic carbocycles. The summed E-state index contributed by atoms with van der Waals surface area (Å²) in [7, 11) is -3.48. The minimum atomic E-state index is -3.48. The van der Waals surface area contributed by atoms with Crippen molar-refractivity contribution in [1.29, 1.82) is 0 Å². The van der Waals surface area contributed by atoms with Crippen LogP contribution in [0.2, 0.25) is 0 Å². The highest BCUT2D eigenvalue weighted by molar-refractivity contribution is 7.89. The molecule has 0 aliphatic heterocycles. The van der Waals surface area contributed by atoms with E-state index in [2.05, 4.69) is 11.3 Å². The number of sulfonamides is 1. The summed E-state index contributed by atoms with van der Waals surface area (Å²) in [4.78, 5) is 0.307. The molecule has 1 aromatic carbocycles. The lowest BCUT2D eigenvalue weighted by atomic mass is 9.92. The van der Waals surface area contributed by atoms with Crippen LogP contribution in [0.1, 0.15) is 24.0 Å². The maximum absolute atomic E-state index is 12.0. The zero-order valence-corrected chi connectivity index (χ0v) is 11.6. The number of hydrogen-bond donors (Lipinski definition) is 1. The monoisotopic (exact) mass is 285 g/mol. The summed E-state index contributed by atoms with van der Waals surface area (Å²) < 4.78 is 26.4. The van der Waals surface area contributed by atoms with Gasteiger partial charge in [-0.1, -0.05) is 24.2 Å². The maximum atomic E-state index is 12.0. The average molecular weight is 286 g/mol. The first-order valence-electron chi connectivity index (χ1n) is 5.94. The third-order valence-corrected chi connectivity index (χ3v) is 4.62. The van der Waals surface area contributed by atoms with Crippen molar-refractivity contribution in [3.05, 3.63) is 40.9 Å². The van der Waals surface area contributed by atoms with Crippen LogP contribution in [0, 0.1) is 0 Å². The highest BCUT2D eigenvalue weighted by atomic mass is 35.5. The molecule has 5 heteroatoms. The first-order valence-corrected chi connectivity index (χ1v) is 7.80. The minimum Gasteiger partial charge on any atom is -0.207 e. The van der Waals surface area contributed by atoms with Crippen LogP contribution in [0.15, 0.2) is 34.7 Å². The number of aryl methyl sites for hydroxylation is 2. The van der Waals surface area contributed by atoms with E-state index in [1.54, 1.807) is 12.1 Å². The Kier molecular flexibility index (Phi) is 4.10. The van der Waals surface area contributed by atoms with Crippen molar-refractivity contribution in [2.45, 2.75) is 30.6 Å². The lowest BCUT2D eigenvalue weighted by Crippen LogP contribution is -2.25. The highest BCUT2D eigenvalue weighted by Crippen LogP contribution is 2.24. The third kappa shape index (κ3) is 3.13. The fourth-order valence-electron chi connectivity index (χ4n) is 2.13. The fraction of sp³-hybridized carbons (Fsp3) is 0.385. The number of fused-ring (bicyclic) bond motifs is 1. The van der Waals surface area contributed by atoms with E-state index in [4.69, 9.17) is 11.6 Å². The molecule has 0 saturated heterocycles. The van der Waals surface area contributed by atoms with Crippen LogP contribution in [0.4, 0.5) is 0 Å². The Morgan fingerprint density at radius 1 is 1.28 bits per heavy atom. The van der Waals surface area contributed by atoms with Gasteiger partial charge in [-0.15, -0.1) is 0 Å². The Balaban J connectivity index is 2.25. The van der Waals surface area contributed by atoms with Gasteiger partial charge in [0.1, 0.15) is 0 Å². The van der Waals surface area contributed by atoms with Gasteiger partial charge < -0.3 is 0 Å². The second kappa shape index (κ2) is 5.43. The van der Waals surface area contributed by atoms with Crippen molar-refractivity contribution in [3.63, 3.8) is 0 Å². The van der Waals surface area contributed by atoms with Crippen molar-refractivity contribution >= 4 is 21.6 Å². The van der Waals surface area contributed by atoms with Crippen molar-refractivity contribution in [3.8, 4) is 0 Å². The Morgan fingerprint density at radius 3 is 2.61 bits per heavy atom. The molecule has 0 amide bonds. The molecule has 0 unspecified atom stereocenters. The van der Waals surface area contributed by atoms with E-state index in [0.717, 1.165) is 24.8 Å². The third-order valence-electron chi connectivity index (χ3n) is 3.08. The molecule has 0 radical (unpaired) electrons. The summed E-state index contributed by atoms with van der Waals surface area (Å²) in [5, 5.41) is 0.275. The fourth-order valence-corrected chi connectivity index (χ4v) is 3.36. The molecular formula is C13H16ClNO2S. The molecule has 0 atom stereocenters. The van der Waals surface area contributed by atoms with Gasteiger partial charge in [0.25, 0.3) is 0 Å². The van der Waals surface area contributed by atoms with Crippen molar-refractivity contribution in [2.75, 3.05) is 6.54 Å². The Labute approximate surface area is 113 Å². The van der Waals surface area contributed by atoms with E-state index >= 15 is 0 Å². The Morgan fingerprint density at radius 2 is 1.94 bits per heavy atom. The number of hydrogen-bond acceptors (Lipinski definition) is 2. The van der Waals surface area contributed by atoms with Gasteiger partial charge in [0.05, 0.1) is 4.90 Å². The first-order chi connectivity index (χ1) is 8.49. The minimum absolute atomic E-state index is 0.0565. The van der Waals surface area contributed by atoms with E-state index in [0.29, 0.717) is 4.90 Å². The van der Waals surface area contributed by atoms with Gasteiger partial charge in [0.2, 0.25) is 10.0 Å². The van der Waals surface area contributed by atoms with E-state index < -0.39 is 10.0 Å². The average Bonchev–Trinajstić information content (AvgIpc) is 2.36. The van der Waals surface area contributed by atoms with Crippen LogP contribution in [0.3, 0.4) is 0 Å². The summed E-state index contributed by atoms with van der Waals surface area (Å²) in [5.41, 5.74) is 2.41. The lowest BCUT2D eigenvalue weighted by Gasteiger charge is -2.16. The summed E-state index contributed by atoms with van der Waals surface area (Å²) in [6.45, 7) is 3.52.